The quantitative estimate of drug-likeness (QED) is 0.817. The molecule has 0 aromatic heterocycles. The molecule has 120 valence electrons. The van der Waals surface area contributed by atoms with Crippen LogP contribution in [0.3, 0.4) is 0 Å². The second-order valence-corrected chi connectivity index (χ2v) is 6.78. The summed E-state index contributed by atoms with van der Waals surface area (Å²) >= 11 is 1.58. The fourth-order valence-electron chi connectivity index (χ4n) is 2.75. The summed E-state index contributed by atoms with van der Waals surface area (Å²) in [6.07, 6.45) is 0.615. The standard InChI is InChI=1S/C18H17F2NOS/c19-14-6-7-16(20)15(12-14)17-8-9-21(10-11-23-17)18(22)13-4-2-1-3-5-13/h1-7,12,17H,8-11H2. The number of amides is 1. The summed E-state index contributed by atoms with van der Waals surface area (Å²) in [5.41, 5.74) is 1.05. The first kappa shape index (κ1) is 16.0. The van der Waals surface area contributed by atoms with Gasteiger partial charge in [0.2, 0.25) is 0 Å². The lowest BCUT2D eigenvalue weighted by Crippen LogP contribution is -2.32. The van der Waals surface area contributed by atoms with Crippen molar-refractivity contribution in [2.24, 2.45) is 0 Å². The minimum atomic E-state index is -0.427. The summed E-state index contributed by atoms with van der Waals surface area (Å²) in [4.78, 5) is 14.3. The fourth-order valence-corrected chi connectivity index (χ4v) is 3.99. The van der Waals surface area contributed by atoms with Gasteiger partial charge in [0.05, 0.1) is 0 Å². The van der Waals surface area contributed by atoms with E-state index in [1.165, 1.54) is 12.1 Å². The lowest BCUT2D eigenvalue weighted by atomic mass is 10.1. The zero-order valence-corrected chi connectivity index (χ0v) is 13.4. The van der Waals surface area contributed by atoms with Gasteiger partial charge in [0, 0.05) is 35.2 Å². The molecule has 1 atom stereocenters. The Balaban J connectivity index is 1.72. The molecule has 0 N–H and O–H groups in total. The third-order valence-corrected chi connectivity index (χ3v) is 5.26. The maximum Gasteiger partial charge on any atom is 0.253 e. The minimum Gasteiger partial charge on any atom is -0.338 e. The molecule has 2 nitrogen and oxygen atoms in total. The molecular weight excluding hydrogens is 316 g/mol. The number of benzene rings is 2. The molecule has 1 saturated heterocycles. The number of nitrogens with zero attached hydrogens (tertiary/aromatic N) is 1. The number of carbonyl (C=O) groups excluding carboxylic acids is 1. The second-order valence-electron chi connectivity index (χ2n) is 5.47. The van der Waals surface area contributed by atoms with Crippen molar-refractivity contribution >= 4 is 17.7 Å². The van der Waals surface area contributed by atoms with Crippen LogP contribution in [0.15, 0.2) is 48.5 Å². The van der Waals surface area contributed by atoms with Crippen LogP contribution in [0.1, 0.15) is 27.6 Å². The molecule has 1 heterocycles. The zero-order valence-electron chi connectivity index (χ0n) is 12.5. The van der Waals surface area contributed by atoms with E-state index in [1.807, 2.05) is 18.2 Å². The third kappa shape index (κ3) is 3.72. The Bertz CT molecular complexity index is 693. The van der Waals surface area contributed by atoms with Gasteiger partial charge in [-0.1, -0.05) is 18.2 Å². The molecule has 1 fully saturated rings. The molecule has 2 aromatic rings. The maximum absolute atomic E-state index is 13.9. The lowest BCUT2D eigenvalue weighted by Gasteiger charge is -2.20. The number of hydrogen-bond donors (Lipinski definition) is 0. The summed E-state index contributed by atoms with van der Waals surface area (Å²) in [6.45, 7) is 1.16. The van der Waals surface area contributed by atoms with E-state index in [2.05, 4.69) is 0 Å². The van der Waals surface area contributed by atoms with Crippen LogP contribution in [0, 0.1) is 11.6 Å². The van der Waals surface area contributed by atoms with Gasteiger partial charge in [0.15, 0.2) is 0 Å². The maximum atomic E-state index is 13.9. The van der Waals surface area contributed by atoms with Gasteiger partial charge in [-0.3, -0.25) is 4.79 Å². The highest BCUT2D eigenvalue weighted by Crippen LogP contribution is 2.36. The molecule has 1 aliphatic rings. The van der Waals surface area contributed by atoms with Crippen molar-refractivity contribution in [3.63, 3.8) is 0 Å². The molecule has 0 saturated carbocycles. The van der Waals surface area contributed by atoms with Crippen molar-refractivity contribution in [3.8, 4) is 0 Å². The van der Waals surface area contributed by atoms with Crippen LogP contribution in [-0.4, -0.2) is 29.6 Å². The average Bonchev–Trinajstić information content (AvgIpc) is 2.83. The van der Waals surface area contributed by atoms with Crippen LogP contribution < -0.4 is 0 Å². The summed E-state index contributed by atoms with van der Waals surface area (Å²) in [7, 11) is 0. The van der Waals surface area contributed by atoms with Crippen LogP contribution in [0.25, 0.3) is 0 Å². The van der Waals surface area contributed by atoms with Crippen molar-refractivity contribution in [2.45, 2.75) is 11.7 Å². The molecule has 0 radical (unpaired) electrons. The molecule has 2 aromatic carbocycles. The SMILES string of the molecule is O=C(c1ccccc1)N1CCSC(c2cc(F)ccc2F)CC1. The molecule has 0 aliphatic carbocycles. The lowest BCUT2D eigenvalue weighted by molar-refractivity contribution is 0.0766. The van der Waals surface area contributed by atoms with E-state index in [0.717, 1.165) is 6.07 Å². The van der Waals surface area contributed by atoms with Gasteiger partial charge in [-0.15, -0.1) is 0 Å². The van der Waals surface area contributed by atoms with E-state index in [1.54, 1.807) is 28.8 Å². The zero-order chi connectivity index (χ0) is 16.2. The molecule has 23 heavy (non-hydrogen) atoms. The smallest absolute Gasteiger partial charge is 0.253 e. The molecule has 5 heteroatoms. The van der Waals surface area contributed by atoms with Crippen molar-refractivity contribution in [3.05, 3.63) is 71.3 Å². The third-order valence-electron chi connectivity index (χ3n) is 3.95. The van der Waals surface area contributed by atoms with Crippen LogP contribution in [0.4, 0.5) is 8.78 Å². The monoisotopic (exact) mass is 333 g/mol. The van der Waals surface area contributed by atoms with Crippen molar-refractivity contribution in [1.29, 1.82) is 0 Å². The van der Waals surface area contributed by atoms with Gasteiger partial charge < -0.3 is 4.90 Å². The van der Waals surface area contributed by atoms with E-state index in [0.29, 0.717) is 36.4 Å². The molecular formula is C18H17F2NOS. The first-order valence-electron chi connectivity index (χ1n) is 7.56. The van der Waals surface area contributed by atoms with E-state index < -0.39 is 5.82 Å². The Morgan fingerprint density at radius 3 is 2.65 bits per heavy atom. The first-order valence-corrected chi connectivity index (χ1v) is 8.61. The average molecular weight is 333 g/mol. The predicted molar refractivity (Wildman–Crippen MR) is 88.5 cm³/mol. The summed E-state index contributed by atoms with van der Waals surface area (Å²) in [5.74, 6) is -0.110. The molecule has 1 amide bonds. The number of carbonyl (C=O) groups is 1. The number of hydrogen-bond acceptors (Lipinski definition) is 2. The highest BCUT2D eigenvalue weighted by Gasteiger charge is 2.24. The topological polar surface area (TPSA) is 20.3 Å². The number of halogens is 2. The number of thioether (sulfide) groups is 1. The van der Waals surface area contributed by atoms with Crippen LogP contribution in [0.5, 0.6) is 0 Å². The van der Waals surface area contributed by atoms with Gasteiger partial charge >= 0.3 is 0 Å². The Morgan fingerprint density at radius 1 is 1.09 bits per heavy atom. The predicted octanol–water partition coefficient (Wildman–Crippen LogP) is 4.29. The van der Waals surface area contributed by atoms with Crippen LogP contribution in [0.2, 0.25) is 0 Å². The highest BCUT2D eigenvalue weighted by atomic mass is 32.2. The molecule has 3 rings (SSSR count). The highest BCUT2D eigenvalue weighted by molar-refractivity contribution is 7.99. The molecule has 0 bridgehead atoms. The Hall–Kier alpha value is -1.88. The Labute approximate surface area is 138 Å². The largest absolute Gasteiger partial charge is 0.338 e. The van der Waals surface area contributed by atoms with E-state index in [-0.39, 0.29) is 17.0 Å². The molecule has 0 spiro atoms. The van der Waals surface area contributed by atoms with Gasteiger partial charge in [0.1, 0.15) is 11.6 Å². The van der Waals surface area contributed by atoms with Crippen LogP contribution >= 0.6 is 11.8 Å². The van der Waals surface area contributed by atoms with Gasteiger partial charge in [-0.2, -0.15) is 11.8 Å². The van der Waals surface area contributed by atoms with Gasteiger partial charge in [-0.05, 0) is 36.8 Å². The van der Waals surface area contributed by atoms with E-state index in [9.17, 15) is 13.6 Å². The Morgan fingerprint density at radius 2 is 1.87 bits per heavy atom. The van der Waals surface area contributed by atoms with Crippen molar-refractivity contribution in [1.82, 2.24) is 4.90 Å². The molecule has 1 unspecified atom stereocenters. The van der Waals surface area contributed by atoms with Gasteiger partial charge in [0.25, 0.3) is 5.91 Å². The molecule has 1 aliphatic heterocycles. The number of rotatable bonds is 2. The van der Waals surface area contributed by atoms with Crippen molar-refractivity contribution < 1.29 is 13.6 Å². The minimum absolute atomic E-state index is 0.00781. The Kier molecular flexibility index (Phi) is 4.96. The summed E-state index contributed by atoms with van der Waals surface area (Å²) in [5, 5.41) is -0.126. The van der Waals surface area contributed by atoms with E-state index >= 15 is 0 Å². The van der Waals surface area contributed by atoms with Crippen molar-refractivity contribution in [2.75, 3.05) is 18.8 Å². The van der Waals surface area contributed by atoms with Crippen LogP contribution in [-0.2, 0) is 0 Å². The van der Waals surface area contributed by atoms with Gasteiger partial charge in [-0.25, -0.2) is 8.78 Å². The second kappa shape index (κ2) is 7.13. The summed E-state index contributed by atoms with van der Waals surface area (Å²) < 4.78 is 27.3. The summed E-state index contributed by atoms with van der Waals surface area (Å²) in [6, 6.07) is 12.7. The first-order chi connectivity index (χ1) is 11.1. The fraction of sp³-hybridized carbons (Fsp3) is 0.278. The normalized spacial score (nSPS) is 18.5. The van der Waals surface area contributed by atoms with E-state index in [4.69, 9.17) is 0 Å².